The van der Waals surface area contributed by atoms with E-state index in [-0.39, 0.29) is 16.9 Å². The summed E-state index contributed by atoms with van der Waals surface area (Å²) in [4.78, 5) is 39.5. The Morgan fingerprint density at radius 1 is 0.968 bits per heavy atom. The Balaban J connectivity index is 1.70. The van der Waals surface area contributed by atoms with Crippen LogP contribution in [0.5, 0.6) is 0 Å². The molecule has 31 heavy (non-hydrogen) atoms. The molecule has 2 N–H and O–H groups in total. The van der Waals surface area contributed by atoms with Crippen LogP contribution in [0.25, 0.3) is 0 Å². The lowest BCUT2D eigenvalue weighted by molar-refractivity contribution is -0.118. The summed E-state index contributed by atoms with van der Waals surface area (Å²) in [5.74, 6) is -0.679. The van der Waals surface area contributed by atoms with Gasteiger partial charge in [-0.15, -0.1) is 0 Å². The Bertz CT molecular complexity index is 1020. The van der Waals surface area contributed by atoms with Crippen molar-refractivity contribution in [3.05, 3.63) is 84.3 Å². The number of amides is 3. The van der Waals surface area contributed by atoms with E-state index in [4.69, 9.17) is 4.42 Å². The summed E-state index contributed by atoms with van der Waals surface area (Å²) in [5, 5.41) is 5.48. The van der Waals surface area contributed by atoms with E-state index in [1.165, 1.54) is 17.2 Å². The maximum Gasteiger partial charge on any atom is 0.287 e. The third-order valence-electron chi connectivity index (χ3n) is 4.34. The van der Waals surface area contributed by atoms with Gasteiger partial charge in [-0.25, -0.2) is 0 Å². The highest BCUT2D eigenvalue weighted by Gasteiger charge is 2.23. The Morgan fingerprint density at radius 2 is 1.68 bits per heavy atom. The monoisotopic (exact) mass is 437 g/mol. The van der Waals surface area contributed by atoms with E-state index in [1.54, 1.807) is 44.4 Å². The molecule has 1 heterocycles. The van der Waals surface area contributed by atoms with Crippen molar-refractivity contribution in [2.45, 2.75) is 17.4 Å². The van der Waals surface area contributed by atoms with Crippen molar-refractivity contribution in [1.82, 2.24) is 10.2 Å². The van der Waals surface area contributed by atoms with Crippen molar-refractivity contribution >= 4 is 34.5 Å². The van der Waals surface area contributed by atoms with Gasteiger partial charge in [0, 0.05) is 31.1 Å². The number of carbonyl (C=O) groups is 3. The minimum atomic E-state index is -0.802. The van der Waals surface area contributed by atoms with Crippen molar-refractivity contribution in [3.63, 3.8) is 0 Å². The smallest absolute Gasteiger partial charge is 0.287 e. The maximum absolute atomic E-state index is 13.0. The van der Waals surface area contributed by atoms with Crippen LogP contribution in [0.15, 0.2) is 82.3 Å². The molecule has 3 rings (SSSR count). The van der Waals surface area contributed by atoms with Crippen LogP contribution in [0.3, 0.4) is 0 Å². The number of hydrogen-bond acceptors (Lipinski definition) is 5. The molecule has 8 heteroatoms. The van der Waals surface area contributed by atoms with Crippen LogP contribution in [0.2, 0.25) is 0 Å². The molecule has 0 saturated carbocycles. The van der Waals surface area contributed by atoms with Crippen LogP contribution in [0.4, 0.5) is 10.5 Å². The van der Waals surface area contributed by atoms with E-state index in [2.05, 4.69) is 10.6 Å². The van der Waals surface area contributed by atoms with Gasteiger partial charge in [-0.3, -0.25) is 14.4 Å². The fourth-order valence-corrected chi connectivity index (χ4v) is 3.38. The summed E-state index contributed by atoms with van der Waals surface area (Å²) in [5.41, 5.74) is 1.48. The van der Waals surface area contributed by atoms with Gasteiger partial charge in [0.25, 0.3) is 11.1 Å². The largest absolute Gasteiger partial charge is 0.459 e. The SMILES string of the molecule is CN(C)C(=O)Sc1ccc(NC(=O)C(Cc2ccccc2)NC(=O)c2ccco2)cc1. The highest BCUT2D eigenvalue weighted by molar-refractivity contribution is 8.13. The molecule has 3 aromatic rings. The molecular formula is C23H23N3O4S. The molecule has 160 valence electrons. The second-order valence-electron chi connectivity index (χ2n) is 6.97. The van der Waals surface area contributed by atoms with Gasteiger partial charge in [0.2, 0.25) is 5.91 Å². The third-order valence-corrected chi connectivity index (χ3v) is 5.39. The lowest BCUT2D eigenvalue weighted by Gasteiger charge is -2.18. The summed E-state index contributed by atoms with van der Waals surface area (Å²) < 4.78 is 5.13. The van der Waals surface area contributed by atoms with Crippen molar-refractivity contribution in [3.8, 4) is 0 Å². The van der Waals surface area contributed by atoms with Crippen molar-refractivity contribution in [1.29, 1.82) is 0 Å². The minimum absolute atomic E-state index is 0.0830. The first-order valence-corrected chi connectivity index (χ1v) is 10.4. The molecule has 2 aromatic carbocycles. The Kier molecular flexibility index (Phi) is 7.50. The predicted octanol–water partition coefficient (Wildman–Crippen LogP) is 4.03. The molecule has 1 aromatic heterocycles. The van der Waals surface area contributed by atoms with Gasteiger partial charge in [-0.2, -0.15) is 0 Å². The Labute approximate surface area is 184 Å². The number of rotatable bonds is 7. The standard InChI is InChI=1S/C23H23N3O4S/c1-26(2)23(29)31-18-12-10-17(11-13-18)24-21(27)19(15-16-7-4-3-5-8-16)25-22(28)20-9-6-14-30-20/h3-14,19H,15H2,1-2H3,(H,24,27)(H,25,28). The van der Waals surface area contributed by atoms with Crippen LogP contribution in [-0.4, -0.2) is 42.1 Å². The van der Waals surface area contributed by atoms with Crippen LogP contribution < -0.4 is 10.6 Å². The number of thioether (sulfide) groups is 1. The molecule has 1 atom stereocenters. The third kappa shape index (κ3) is 6.48. The molecule has 0 spiro atoms. The first-order chi connectivity index (χ1) is 14.9. The zero-order valence-electron chi connectivity index (χ0n) is 17.2. The fraction of sp³-hybridized carbons (Fsp3) is 0.174. The van der Waals surface area contributed by atoms with Gasteiger partial charge in [0.1, 0.15) is 6.04 Å². The summed E-state index contributed by atoms with van der Waals surface area (Å²) >= 11 is 1.10. The lowest BCUT2D eigenvalue weighted by Crippen LogP contribution is -2.45. The molecule has 1 unspecified atom stereocenters. The minimum Gasteiger partial charge on any atom is -0.459 e. The molecule has 0 radical (unpaired) electrons. The number of nitrogens with one attached hydrogen (secondary N) is 2. The number of benzene rings is 2. The second-order valence-corrected chi connectivity index (χ2v) is 7.99. The molecule has 7 nitrogen and oxygen atoms in total. The molecule has 0 bridgehead atoms. The first-order valence-electron chi connectivity index (χ1n) is 9.61. The topological polar surface area (TPSA) is 91.7 Å². The molecule has 3 amide bonds. The number of anilines is 1. The Hall–Kier alpha value is -3.52. The average molecular weight is 438 g/mol. The highest BCUT2D eigenvalue weighted by atomic mass is 32.2. The lowest BCUT2D eigenvalue weighted by atomic mass is 10.0. The molecular weight excluding hydrogens is 414 g/mol. The number of nitrogens with zero attached hydrogens (tertiary/aromatic N) is 1. The predicted molar refractivity (Wildman–Crippen MR) is 120 cm³/mol. The summed E-state index contributed by atoms with van der Waals surface area (Å²) in [6.07, 6.45) is 1.73. The zero-order valence-corrected chi connectivity index (χ0v) is 18.0. The fourth-order valence-electron chi connectivity index (χ4n) is 2.72. The van der Waals surface area contributed by atoms with E-state index in [0.29, 0.717) is 12.1 Å². The summed E-state index contributed by atoms with van der Waals surface area (Å²) in [6, 6.07) is 18.7. The number of furan rings is 1. The molecule has 0 fully saturated rings. The number of carbonyl (C=O) groups excluding carboxylic acids is 3. The highest BCUT2D eigenvalue weighted by Crippen LogP contribution is 2.22. The van der Waals surface area contributed by atoms with Crippen molar-refractivity contribution in [2.24, 2.45) is 0 Å². The van der Waals surface area contributed by atoms with E-state index in [9.17, 15) is 14.4 Å². The molecule has 0 saturated heterocycles. The van der Waals surface area contributed by atoms with E-state index >= 15 is 0 Å². The van der Waals surface area contributed by atoms with Gasteiger partial charge in [-0.1, -0.05) is 30.3 Å². The summed E-state index contributed by atoms with van der Waals surface area (Å²) in [6.45, 7) is 0. The van der Waals surface area contributed by atoms with E-state index in [0.717, 1.165) is 22.2 Å². The van der Waals surface area contributed by atoms with Gasteiger partial charge in [-0.05, 0) is 53.7 Å². The van der Waals surface area contributed by atoms with Crippen LogP contribution >= 0.6 is 11.8 Å². The van der Waals surface area contributed by atoms with Gasteiger partial charge in [0.05, 0.1) is 6.26 Å². The zero-order chi connectivity index (χ0) is 22.2. The number of hydrogen-bond donors (Lipinski definition) is 2. The van der Waals surface area contributed by atoms with Gasteiger partial charge < -0.3 is 20.0 Å². The van der Waals surface area contributed by atoms with Crippen LogP contribution in [0, 0.1) is 0 Å². The quantitative estimate of drug-likeness (QED) is 0.545. The molecule has 0 aliphatic rings. The molecule has 0 aliphatic carbocycles. The van der Waals surface area contributed by atoms with Crippen molar-refractivity contribution < 1.29 is 18.8 Å². The van der Waals surface area contributed by atoms with E-state index < -0.39 is 11.9 Å². The van der Waals surface area contributed by atoms with Gasteiger partial charge >= 0.3 is 0 Å². The van der Waals surface area contributed by atoms with E-state index in [1.807, 2.05) is 30.3 Å². The summed E-state index contributed by atoms with van der Waals surface area (Å²) in [7, 11) is 3.38. The molecule has 0 aliphatic heterocycles. The first kappa shape index (κ1) is 22.2. The average Bonchev–Trinajstić information content (AvgIpc) is 3.30. The Morgan fingerprint density at radius 3 is 2.29 bits per heavy atom. The second kappa shape index (κ2) is 10.5. The van der Waals surface area contributed by atoms with Crippen molar-refractivity contribution in [2.75, 3.05) is 19.4 Å². The normalized spacial score (nSPS) is 11.4. The van der Waals surface area contributed by atoms with Crippen LogP contribution in [-0.2, 0) is 11.2 Å². The van der Waals surface area contributed by atoms with Gasteiger partial charge in [0.15, 0.2) is 5.76 Å². The maximum atomic E-state index is 13.0. The van der Waals surface area contributed by atoms with Crippen LogP contribution in [0.1, 0.15) is 16.1 Å².